The number of nitrogens with one attached hydrogen (secondary N) is 1. The first-order chi connectivity index (χ1) is 10.1. The van der Waals surface area contributed by atoms with E-state index in [1.54, 1.807) is 24.0 Å². The molecule has 110 valence electrons. The first kappa shape index (κ1) is 15.3. The molecule has 1 aromatic heterocycles. The number of carbonyl (C=O) groups is 2. The van der Waals surface area contributed by atoms with Crippen molar-refractivity contribution in [2.45, 2.75) is 12.5 Å². The fourth-order valence-corrected chi connectivity index (χ4v) is 2.49. The summed E-state index contributed by atoms with van der Waals surface area (Å²) < 4.78 is 0. The minimum atomic E-state index is -1.03. The Labute approximate surface area is 126 Å². The highest BCUT2D eigenvalue weighted by atomic mass is 32.2. The molecule has 5 nitrogen and oxygen atoms in total. The van der Waals surface area contributed by atoms with Crippen molar-refractivity contribution in [3.8, 4) is 0 Å². The number of carboxylic acids is 1. The van der Waals surface area contributed by atoms with E-state index in [0.29, 0.717) is 17.6 Å². The zero-order chi connectivity index (χ0) is 15.2. The number of nitrogens with zero attached hydrogens (tertiary/aromatic N) is 1. The van der Waals surface area contributed by atoms with Crippen molar-refractivity contribution in [2.75, 3.05) is 12.0 Å². The van der Waals surface area contributed by atoms with Crippen LogP contribution in [-0.2, 0) is 4.79 Å². The molecule has 1 unspecified atom stereocenters. The normalized spacial score (nSPS) is 12.0. The van der Waals surface area contributed by atoms with Crippen LogP contribution < -0.4 is 5.32 Å². The highest BCUT2D eigenvalue weighted by Gasteiger charge is 2.21. The summed E-state index contributed by atoms with van der Waals surface area (Å²) in [7, 11) is 0. The van der Waals surface area contributed by atoms with E-state index in [-0.39, 0.29) is 5.69 Å². The predicted molar refractivity (Wildman–Crippen MR) is 83.6 cm³/mol. The third kappa shape index (κ3) is 3.72. The molecular weight excluding hydrogens is 288 g/mol. The van der Waals surface area contributed by atoms with Crippen molar-refractivity contribution in [3.63, 3.8) is 0 Å². The Kier molecular flexibility index (Phi) is 5.16. The van der Waals surface area contributed by atoms with E-state index in [2.05, 4.69) is 10.3 Å². The van der Waals surface area contributed by atoms with Gasteiger partial charge >= 0.3 is 5.97 Å². The van der Waals surface area contributed by atoms with Gasteiger partial charge in [0, 0.05) is 11.6 Å². The molecule has 1 heterocycles. The lowest BCUT2D eigenvalue weighted by atomic mass is 10.1. The van der Waals surface area contributed by atoms with Crippen LogP contribution in [0.1, 0.15) is 16.9 Å². The Balaban J connectivity index is 2.23. The minimum absolute atomic E-state index is 0.253. The van der Waals surface area contributed by atoms with E-state index < -0.39 is 17.9 Å². The summed E-state index contributed by atoms with van der Waals surface area (Å²) in [6, 6.07) is 8.30. The van der Waals surface area contributed by atoms with Gasteiger partial charge in [-0.2, -0.15) is 11.8 Å². The van der Waals surface area contributed by atoms with E-state index in [0.717, 1.165) is 5.39 Å². The van der Waals surface area contributed by atoms with Crippen LogP contribution >= 0.6 is 11.8 Å². The van der Waals surface area contributed by atoms with Crippen molar-refractivity contribution in [1.29, 1.82) is 0 Å². The average molecular weight is 304 g/mol. The molecule has 6 heteroatoms. The second-order valence-electron chi connectivity index (χ2n) is 4.53. The summed E-state index contributed by atoms with van der Waals surface area (Å²) in [4.78, 5) is 27.6. The molecule has 1 amide bonds. The predicted octanol–water partition coefficient (Wildman–Crippen LogP) is 2.17. The van der Waals surface area contributed by atoms with E-state index in [4.69, 9.17) is 5.11 Å². The van der Waals surface area contributed by atoms with Crippen LogP contribution in [0.25, 0.3) is 10.8 Å². The van der Waals surface area contributed by atoms with Gasteiger partial charge < -0.3 is 10.4 Å². The number of hydrogen-bond acceptors (Lipinski definition) is 4. The largest absolute Gasteiger partial charge is 0.480 e. The molecule has 0 fully saturated rings. The number of rotatable bonds is 6. The number of thioether (sulfide) groups is 1. The van der Waals surface area contributed by atoms with Gasteiger partial charge in [0.25, 0.3) is 5.91 Å². The molecule has 21 heavy (non-hydrogen) atoms. The summed E-state index contributed by atoms with van der Waals surface area (Å²) in [6.45, 7) is 0. The van der Waals surface area contributed by atoms with E-state index in [9.17, 15) is 9.59 Å². The smallest absolute Gasteiger partial charge is 0.326 e. The molecule has 2 aromatic rings. The van der Waals surface area contributed by atoms with Gasteiger partial charge in [-0.05, 0) is 29.9 Å². The molecule has 0 radical (unpaired) electrons. The summed E-state index contributed by atoms with van der Waals surface area (Å²) in [5, 5.41) is 13.3. The maximum absolute atomic E-state index is 12.3. The van der Waals surface area contributed by atoms with Crippen LogP contribution in [0.3, 0.4) is 0 Å². The maximum Gasteiger partial charge on any atom is 0.326 e. The number of amides is 1. The van der Waals surface area contributed by atoms with Crippen molar-refractivity contribution >= 4 is 34.4 Å². The van der Waals surface area contributed by atoms with Gasteiger partial charge in [0.15, 0.2) is 0 Å². The van der Waals surface area contributed by atoms with Crippen molar-refractivity contribution in [2.24, 2.45) is 0 Å². The number of benzene rings is 1. The van der Waals surface area contributed by atoms with E-state index in [1.165, 1.54) is 0 Å². The van der Waals surface area contributed by atoms with E-state index in [1.807, 2.05) is 30.5 Å². The van der Waals surface area contributed by atoms with Crippen molar-refractivity contribution in [1.82, 2.24) is 10.3 Å². The Morgan fingerprint density at radius 2 is 2.10 bits per heavy atom. The molecule has 1 atom stereocenters. The minimum Gasteiger partial charge on any atom is -0.480 e. The van der Waals surface area contributed by atoms with Crippen LogP contribution in [0.2, 0.25) is 0 Å². The number of pyridine rings is 1. The van der Waals surface area contributed by atoms with Gasteiger partial charge in [0.2, 0.25) is 0 Å². The summed E-state index contributed by atoms with van der Waals surface area (Å²) in [5.74, 6) is -0.821. The van der Waals surface area contributed by atoms with Gasteiger partial charge in [-0.25, -0.2) is 4.79 Å². The van der Waals surface area contributed by atoms with Gasteiger partial charge in [-0.3, -0.25) is 9.78 Å². The number of carbonyl (C=O) groups excluding carboxylic acids is 1. The lowest BCUT2D eigenvalue weighted by Crippen LogP contribution is -2.41. The number of fused-ring (bicyclic) bond motifs is 1. The van der Waals surface area contributed by atoms with Gasteiger partial charge in [-0.1, -0.05) is 24.3 Å². The van der Waals surface area contributed by atoms with Crippen LogP contribution in [0.5, 0.6) is 0 Å². The Morgan fingerprint density at radius 3 is 2.81 bits per heavy atom. The number of carboxylic acid groups (broad SMARTS) is 1. The lowest BCUT2D eigenvalue weighted by molar-refractivity contribution is -0.139. The van der Waals surface area contributed by atoms with Crippen LogP contribution in [0.4, 0.5) is 0 Å². The number of aromatic nitrogens is 1. The average Bonchev–Trinajstić information content (AvgIpc) is 2.50. The van der Waals surface area contributed by atoms with Crippen LogP contribution in [0, 0.1) is 0 Å². The monoisotopic (exact) mass is 304 g/mol. The quantitative estimate of drug-likeness (QED) is 0.855. The van der Waals surface area contributed by atoms with Gasteiger partial charge in [0.1, 0.15) is 11.7 Å². The molecule has 2 rings (SSSR count). The topological polar surface area (TPSA) is 79.3 Å². The molecule has 0 spiro atoms. The standard InChI is InChI=1S/C15H16N2O3S/c1-21-9-7-12(15(19)20)17-14(18)13-11-5-3-2-4-10(11)6-8-16-13/h2-6,8,12H,7,9H2,1H3,(H,17,18)(H,19,20). The molecule has 0 saturated heterocycles. The van der Waals surface area contributed by atoms with E-state index >= 15 is 0 Å². The third-order valence-corrected chi connectivity index (χ3v) is 3.75. The van der Waals surface area contributed by atoms with Crippen LogP contribution in [0.15, 0.2) is 36.5 Å². The Morgan fingerprint density at radius 1 is 1.33 bits per heavy atom. The second kappa shape index (κ2) is 7.08. The number of aliphatic carboxylic acids is 1. The highest BCUT2D eigenvalue weighted by Crippen LogP contribution is 2.16. The van der Waals surface area contributed by atoms with Crippen molar-refractivity contribution < 1.29 is 14.7 Å². The van der Waals surface area contributed by atoms with Crippen LogP contribution in [-0.4, -0.2) is 40.0 Å². The van der Waals surface area contributed by atoms with Gasteiger partial charge in [0.05, 0.1) is 0 Å². The molecule has 2 N–H and O–H groups in total. The lowest BCUT2D eigenvalue weighted by Gasteiger charge is -2.14. The first-order valence-corrected chi connectivity index (χ1v) is 7.89. The Hall–Kier alpha value is -2.08. The molecule has 0 aliphatic carbocycles. The molecule has 1 aromatic carbocycles. The molecule has 0 aliphatic heterocycles. The second-order valence-corrected chi connectivity index (χ2v) is 5.51. The fraction of sp³-hybridized carbons (Fsp3) is 0.267. The van der Waals surface area contributed by atoms with Gasteiger partial charge in [-0.15, -0.1) is 0 Å². The Bertz CT molecular complexity index is 655. The molecular formula is C15H16N2O3S. The number of hydrogen-bond donors (Lipinski definition) is 2. The highest BCUT2D eigenvalue weighted by molar-refractivity contribution is 7.98. The maximum atomic E-state index is 12.3. The third-order valence-electron chi connectivity index (χ3n) is 3.10. The molecule has 0 aliphatic rings. The zero-order valence-corrected chi connectivity index (χ0v) is 12.4. The summed E-state index contributed by atoms with van der Waals surface area (Å²) >= 11 is 1.54. The zero-order valence-electron chi connectivity index (χ0n) is 11.6. The fourth-order valence-electron chi connectivity index (χ4n) is 2.02. The van der Waals surface area contributed by atoms with Crippen molar-refractivity contribution in [3.05, 3.63) is 42.2 Å². The first-order valence-electron chi connectivity index (χ1n) is 6.50. The summed E-state index contributed by atoms with van der Waals surface area (Å²) in [6.07, 6.45) is 3.83. The molecule has 0 bridgehead atoms. The summed E-state index contributed by atoms with van der Waals surface area (Å²) in [5.41, 5.74) is 0.253. The SMILES string of the molecule is CSCCC(NC(=O)c1nccc2ccccc12)C(=O)O. The molecule has 0 saturated carbocycles.